The van der Waals surface area contributed by atoms with Gasteiger partial charge < -0.3 is 14.8 Å². The SMILES string of the molecule is COc1cc(NC(=O)Cn2nc(-c3cccc([N+](=O)[O-])c3)ccc2=O)cc(OC)c1. The second-order valence-corrected chi connectivity index (χ2v) is 6.17. The lowest BCUT2D eigenvalue weighted by molar-refractivity contribution is -0.384. The van der Waals surface area contributed by atoms with Crippen molar-refractivity contribution in [3.8, 4) is 22.8 Å². The largest absolute Gasteiger partial charge is 0.497 e. The first-order valence-corrected chi connectivity index (χ1v) is 8.75. The van der Waals surface area contributed by atoms with Crippen LogP contribution in [-0.2, 0) is 11.3 Å². The van der Waals surface area contributed by atoms with E-state index in [4.69, 9.17) is 9.47 Å². The van der Waals surface area contributed by atoms with Crippen molar-refractivity contribution in [3.63, 3.8) is 0 Å². The highest BCUT2D eigenvalue weighted by Gasteiger charge is 2.12. The minimum Gasteiger partial charge on any atom is -0.497 e. The van der Waals surface area contributed by atoms with Gasteiger partial charge in [-0.25, -0.2) is 4.68 Å². The molecule has 0 saturated carbocycles. The highest BCUT2D eigenvalue weighted by Crippen LogP contribution is 2.26. The number of non-ortho nitro benzene ring substituents is 1. The van der Waals surface area contributed by atoms with Gasteiger partial charge in [-0.15, -0.1) is 0 Å². The molecule has 0 saturated heterocycles. The summed E-state index contributed by atoms with van der Waals surface area (Å²) in [6.45, 7) is -0.346. The number of nitro groups is 1. The van der Waals surface area contributed by atoms with E-state index in [1.54, 1.807) is 24.3 Å². The number of nitro benzene ring substituents is 1. The van der Waals surface area contributed by atoms with Crippen molar-refractivity contribution in [2.75, 3.05) is 19.5 Å². The molecular formula is C20H18N4O6. The lowest BCUT2D eigenvalue weighted by atomic mass is 10.1. The smallest absolute Gasteiger partial charge is 0.270 e. The fourth-order valence-corrected chi connectivity index (χ4v) is 2.71. The Hall–Kier alpha value is -4.21. The van der Waals surface area contributed by atoms with Crippen LogP contribution in [0.15, 0.2) is 59.4 Å². The van der Waals surface area contributed by atoms with Crippen molar-refractivity contribution >= 4 is 17.3 Å². The minimum atomic E-state index is -0.518. The molecule has 0 radical (unpaired) electrons. The topological polar surface area (TPSA) is 126 Å². The maximum atomic E-state index is 12.4. The zero-order valence-corrected chi connectivity index (χ0v) is 16.2. The van der Waals surface area contributed by atoms with Crippen molar-refractivity contribution in [1.29, 1.82) is 0 Å². The molecule has 2 aromatic carbocycles. The van der Waals surface area contributed by atoms with Crippen LogP contribution in [0.5, 0.6) is 11.5 Å². The third-order valence-corrected chi connectivity index (χ3v) is 4.15. The van der Waals surface area contributed by atoms with Gasteiger partial charge in [0, 0.05) is 47.6 Å². The summed E-state index contributed by atoms with van der Waals surface area (Å²) < 4.78 is 11.3. The van der Waals surface area contributed by atoms with Crippen molar-refractivity contribution in [1.82, 2.24) is 9.78 Å². The van der Waals surface area contributed by atoms with Crippen LogP contribution < -0.4 is 20.3 Å². The maximum Gasteiger partial charge on any atom is 0.270 e. The normalized spacial score (nSPS) is 10.3. The number of hydrogen-bond donors (Lipinski definition) is 1. The van der Waals surface area contributed by atoms with Gasteiger partial charge in [-0.05, 0) is 6.07 Å². The number of rotatable bonds is 7. The number of hydrogen-bond acceptors (Lipinski definition) is 7. The van der Waals surface area contributed by atoms with Crippen LogP contribution in [0.4, 0.5) is 11.4 Å². The molecule has 10 heteroatoms. The molecule has 30 heavy (non-hydrogen) atoms. The third-order valence-electron chi connectivity index (χ3n) is 4.15. The van der Waals surface area contributed by atoms with Gasteiger partial charge in [-0.3, -0.25) is 19.7 Å². The lowest BCUT2D eigenvalue weighted by Gasteiger charge is -2.11. The average Bonchev–Trinajstić information content (AvgIpc) is 2.74. The first-order valence-electron chi connectivity index (χ1n) is 8.75. The summed E-state index contributed by atoms with van der Waals surface area (Å²) in [5, 5.41) is 17.8. The van der Waals surface area contributed by atoms with Crippen LogP contribution in [0.25, 0.3) is 11.3 Å². The van der Waals surface area contributed by atoms with Gasteiger partial charge in [-0.1, -0.05) is 12.1 Å². The van der Waals surface area contributed by atoms with Crippen LogP contribution in [0.3, 0.4) is 0 Å². The van der Waals surface area contributed by atoms with Crippen molar-refractivity contribution in [3.05, 3.63) is 75.1 Å². The Balaban J connectivity index is 1.82. The van der Waals surface area contributed by atoms with Crippen LogP contribution in [0, 0.1) is 10.1 Å². The molecule has 1 heterocycles. The highest BCUT2D eigenvalue weighted by atomic mass is 16.6. The second kappa shape index (κ2) is 8.86. The minimum absolute atomic E-state index is 0.100. The van der Waals surface area contributed by atoms with Gasteiger partial charge in [-0.2, -0.15) is 5.10 Å². The fraction of sp³-hybridized carbons (Fsp3) is 0.150. The number of methoxy groups -OCH3 is 2. The number of carbonyl (C=O) groups is 1. The molecule has 0 fully saturated rings. The predicted octanol–water partition coefficient (Wildman–Crippen LogP) is 2.47. The summed E-state index contributed by atoms with van der Waals surface area (Å²) in [6.07, 6.45) is 0. The van der Waals surface area contributed by atoms with Gasteiger partial charge in [0.05, 0.1) is 24.8 Å². The Bertz CT molecular complexity index is 1140. The molecule has 1 N–H and O–H groups in total. The summed E-state index contributed by atoms with van der Waals surface area (Å²) in [7, 11) is 2.98. The molecule has 0 atom stereocenters. The molecule has 1 amide bonds. The summed E-state index contributed by atoms with van der Waals surface area (Å²) in [5.41, 5.74) is 0.628. The number of nitrogens with one attached hydrogen (secondary N) is 1. The molecule has 154 valence electrons. The summed E-state index contributed by atoms with van der Waals surface area (Å²) in [5.74, 6) is 0.497. The van der Waals surface area contributed by atoms with Crippen molar-refractivity contribution in [2.45, 2.75) is 6.54 Å². The third kappa shape index (κ3) is 4.79. The maximum absolute atomic E-state index is 12.4. The Kier molecular flexibility index (Phi) is 6.06. The first-order chi connectivity index (χ1) is 14.4. The van der Waals surface area contributed by atoms with Crippen molar-refractivity contribution in [2.24, 2.45) is 0 Å². The highest BCUT2D eigenvalue weighted by molar-refractivity contribution is 5.91. The molecular weight excluding hydrogens is 392 g/mol. The quantitative estimate of drug-likeness (QED) is 0.468. The number of aromatic nitrogens is 2. The molecule has 3 rings (SSSR count). The molecule has 0 bridgehead atoms. The standard InChI is InChI=1S/C20H18N4O6/c1-29-16-9-14(10-17(11-16)30-2)21-19(25)12-23-20(26)7-6-18(22-23)13-4-3-5-15(8-13)24(27)28/h3-11H,12H2,1-2H3,(H,21,25). The molecule has 3 aromatic rings. The van der Waals surface area contributed by atoms with Gasteiger partial charge >= 0.3 is 0 Å². The number of carbonyl (C=O) groups excluding carboxylic acids is 1. The first kappa shape index (κ1) is 20.5. The molecule has 0 aliphatic carbocycles. The summed E-state index contributed by atoms with van der Waals surface area (Å²) >= 11 is 0. The Labute approximate surface area is 170 Å². The van der Waals surface area contributed by atoms with E-state index in [9.17, 15) is 19.7 Å². The Morgan fingerprint density at radius 1 is 1.10 bits per heavy atom. The van der Waals surface area contributed by atoms with Crippen molar-refractivity contribution < 1.29 is 19.2 Å². The monoisotopic (exact) mass is 410 g/mol. The zero-order valence-electron chi connectivity index (χ0n) is 16.2. The number of benzene rings is 2. The Morgan fingerprint density at radius 2 is 1.80 bits per heavy atom. The molecule has 10 nitrogen and oxygen atoms in total. The van der Waals surface area contributed by atoms with E-state index in [1.165, 1.54) is 44.6 Å². The number of nitrogens with zero attached hydrogens (tertiary/aromatic N) is 3. The molecule has 0 aliphatic rings. The van der Waals surface area contributed by atoms with E-state index in [0.717, 1.165) is 4.68 Å². The van der Waals surface area contributed by atoms with E-state index in [-0.39, 0.29) is 12.2 Å². The molecule has 1 aromatic heterocycles. The van der Waals surface area contributed by atoms with E-state index in [2.05, 4.69) is 10.4 Å². The number of anilines is 1. The van der Waals surface area contributed by atoms with E-state index >= 15 is 0 Å². The molecule has 0 aliphatic heterocycles. The van der Waals surface area contributed by atoms with E-state index < -0.39 is 16.4 Å². The van der Waals surface area contributed by atoms with E-state index in [0.29, 0.717) is 28.4 Å². The van der Waals surface area contributed by atoms with Crippen LogP contribution in [0.2, 0.25) is 0 Å². The number of ether oxygens (including phenoxy) is 2. The number of amides is 1. The van der Waals surface area contributed by atoms with Crippen LogP contribution >= 0.6 is 0 Å². The average molecular weight is 410 g/mol. The fourth-order valence-electron chi connectivity index (χ4n) is 2.71. The summed E-state index contributed by atoms with van der Waals surface area (Å²) in [6, 6.07) is 13.4. The summed E-state index contributed by atoms with van der Waals surface area (Å²) in [4.78, 5) is 35.0. The molecule has 0 unspecified atom stereocenters. The lowest BCUT2D eigenvalue weighted by Crippen LogP contribution is -2.29. The van der Waals surface area contributed by atoms with E-state index in [1.807, 2.05) is 0 Å². The van der Waals surface area contributed by atoms with Gasteiger partial charge in [0.2, 0.25) is 5.91 Å². The second-order valence-electron chi connectivity index (χ2n) is 6.17. The van der Waals surface area contributed by atoms with Crippen LogP contribution in [0.1, 0.15) is 0 Å². The molecule has 0 spiro atoms. The Morgan fingerprint density at radius 3 is 2.43 bits per heavy atom. The van der Waals surface area contributed by atoms with Gasteiger partial charge in [0.15, 0.2) is 0 Å². The zero-order chi connectivity index (χ0) is 21.7. The predicted molar refractivity (Wildman–Crippen MR) is 109 cm³/mol. The van der Waals surface area contributed by atoms with Crippen LogP contribution in [-0.4, -0.2) is 34.8 Å². The van der Waals surface area contributed by atoms with Gasteiger partial charge in [0.1, 0.15) is 18.0 Å². The van der Waals surface area contributed by atoms with Gasteiger partial charge in [0.25, 0.3) is 11.2 Å².